The van der Waals surface area contributed by atoms with E-state index in [0.29, 0.717) is 33.0 Å². The maximum Gasteiger partial charge on any atom is 0.263 e. The Bertz CT molecular complexity index is 869. The molecule has 0 aromatic heterocycles. The summed E-state index contributed by atoms with van der Waals surface area (Å²) >= 11 is 12.0. The van der Waals surface area contributed by atoms with Gasteiger partial charge >= 0.3 is 0 Å². The zero-order valence-corrected chi connectivity index (χ0v) is 15.1. The third kappa shape index (κ3) is 3.68. The van der Waals surface area contributed by atoms with Crippen molar-refractivity contribution in [2.24, 2.45) is 0 Å². The standard InChI is InChI=1S/C16H15Cl2NO3S/c1-9-4-12(5-10(2)13(9)8-20)19-23(21,22)16-6-11(3)14(17)7-15(16)18/h4-8,19H,1-3H3. The topological polar surface area (TPSA) is 63.2 Å². The molecule has 0 saturated heterocycles. The molecule has 0 radical (unpaired) electrons. The van der Waals surface area contributed by atoms with Crippen LogP contribution in [0.25, 0.3) is 0 Å². The Kier molecular flexibility index (Phi) is 5.04. The zero-order chi connectivity index (χ0) is 17.4. The second-order valence-electron chi connectivity index (χ2n) is 5.28. The molecule has 4 nitrogen and oxygen atoms in total. The predicted molar refractivity (Wildman–Crippen MR) is 93.3 cm³/mol. The molecule has 0 aliphatic rings. The van der Waals surface area contributed by atoms with Gasteiger partial charge in [0.1, 0.15) is 4.90 Å². The van der Waals surface area contributed by atoms with Crippen LogP contribution in [-0.2, 0) is 10.0 Å². The maximum absolute atomic E-state index is 12.6. The molecule has 7 heteroatoms. The first-order valence-corrected chi connectivity index (χ1v) is 8.94. The average Bonchev–Trinajstić information content (AvgIpc) is 2.41. The van der Waals surface area contributed by atoms with Gasteiger partial charge in [-0.25, -0.2) is 8.42 Å². The van der Waals surface area contributed by atoms with Gasteiger partial charge in [-0.3, -0.25) is 9.52 Å². The van der Waals surface area contributed by atoms with Crippen molar-refractivity contribution in [1.29, 1.82) is 0 Å². The van der Waals surface area contributed by atoms with Crippen LogP contribution < -0.4 is 4.72 Å². The van der Waals surface area contributed by atoms with E-state index in [9.17, 15) is 13.2 Å². The van der Waals surface area contributed by atoms with Gasteiger partial charge in [-0.15, -0.1) is 0 Å². The van der Waals surface area contributed by atoms with E-state index in [1.54, 1.807) is 32.9 Å². The van der Waals surface area contributed by atoms with Crippen LogP contribution >= 0.6 is 23.2 Å². The van der Waals surface area contributed by atoms with E-state index in [1.807, 2.05) is 0 Å². The number of hydrogen-bond acceptors (Lipinski definition) is 3. The van der Waals surface area contributed by atoms with E-state index < -0.39 is 10.0 Å². The Morgan fingerprint density at radius 3 is 2.00 bits per heavy atom. The van der Waals surface area contributed by atoms with E-state index in [2.05, 4.69) is 4.72 Å². The number of aldehydes is 1. The fourth-order valence-corrected chi connectivity index (χ4v) is 4.14. The Hall–Kier alpha value is -1.56. The van der Waals surface area contributed by atoms with Crippen molar-refractivity contribution in [3.63, 3.8) is 0 Å². The largest absolute Gasteiger partial charge is 0.298 e. The van der Waals surface area contributed by atoms with E-state index >= 15 is 0 Å². The first-order chi connectivity index (χ1) is 10.7. The smallest absolute Gasteiger partial charge is 0.263 e. The van der Waals surface area contributed by atoms with Crippen LogP contribution in [0.3, 0.4) is 0 Å². The first kappa shape index (κ1) is 17.8. The molecule has 2 aromatic carbocycles. The molecule has 2 rings (SSSR count). The summed E-state index contributed by atoms with van der Waals surface area (Å²) in [7, 11) is -3.87. The lowest BCUT2D eigenvalue weighted by atomic mass is 10.0. The van der Waals surface area contributed by atoms with Gasteiger partial charge < -0.3 is 0 Å². The number of rotatable bonds is 4. The number of nitrogens with one attached hydrogen (secondary N) is 1. The zero-order valence-electron chi connectivity index (χ0n) is 12.8. The van der Waals surface area contributed by atoms with Crippen molar-refractivity contribution in [2.75, 3.05) is 4.72 Å². The van der Waals surface area contributed by atoms with Gasteiger partial charge in [-0.05, 0) is 61.7 Å². The van der Waals surface area contributed by atoms with Gasteiger partial charge in [0, 0.05) is 16.3 Å². The molecule has 0 fully saturated rings. The summed E-state index contributed by atoms with van der Waals surface area (Å²) in [5, 5.41) is 0.446. The summed E-state index contributed by atoms with van der Waals surface area (Å²) in [6.45, 7) is 5.19. The van der Waals surface area contributed by atoms with Crippen LogP contribution in [0.5, 0.6) is 0 Å². The summed E-state index contributed by atoms with van der Waals surface area (Å²) in [4.78, 5) is 11.0. The molecule has 0 bridgehead atoms. The van der Waals surface area contributed by atoms with E-state index in [4.69, 9.17) is 23.2 Å². The molecular formula is C16H15Cl2NO3S. The van der Waals surface area contributed by atoms with Crippen molar-refractivity contribution in [1.82, 2.24) is 0 Å². The summed E-state index contributed by atoms with van der Waals surface area (Å²) < 4.78 is 27.6. The minimum atomic E-state index is -3.87. The van der Waals surface area contributed by atoms with Crippen LogP contribution in [0.15, 0.2) is 29.2 Å². The highest BCUT2D eigenvalue weighted by molar-refractivity contribution is 7.92. The lowest BCUT2D eigenvalue weighted by molar-refractivity contribution is 0.112. The summed E-state index contributed by atoms with van der Waals surface area (Å²) in [6, 6.07) is 6.03. The van der Waals surface area contributed by atoms with Crippen molar-refractivity contribution >= 4 is 45.2 Å². The minimum absolute atomic E-state index is 0.0455. The van der Waals surface area contributed by atoms with E-state index in [-0.39, 0.29) is 9.92 Å². The van der Waals surface area contributed by atoms with Gasteiger partial charge in [0.2, 0.25) is 0 Å². The number of sulfonamides is 1. The van der Waals surface area contributed by atoms with E-state index in [1.165, 1.54) is 12.1 Å². The normalized spacial score (nSPS) is 11.3. The van der Waals surface area contributed by atoms with Gasteiger partial charge in [-0.1, -0.05) is 23.2 Å². The van der Waals surface area contributed by atoms with Gasteiger partial charge in [0.05, 0.1) is 5.02 Å². The third-order valence-corrected chi connectivity index (χ3v) is 5.72. The third-order valence-electron chi connectivity index (χ3n) is 3.47. The molecule has 122 valence electrons. The van der Waals surface area contributed by atoms with Crippen LogP contribution in [0.1, 0.15) is 27.0 Å². The van der Waals surface area contributed by atoms with Crippen LogP contribution in [-0.4, -0.2) is 14.7 Å². The molecule has 2 aromatic rings. The molecular weight excluding hydrogens is 357 g/mol. The average molecular weight is 372 g/mol. The molecule has 0 spiro atoms. The number of carbonyl (C=O) groups excluding carboxylic acids is 1. The predicted octanol–water partition coefficient (Wildman–Crippen LogP) is 4.53. The van der Waals surface area contributed by atoms with Crippen LogP contribution in [0.2, 0.25) is 10.0 Å². The van der Waals surface area contributed by atoms with E-state index in [0.717, 1.165) is 6.29 Å². The number of benzene rings is 2. The monoisotopic (exact) mass is 371 g/mol. The number of halogens is 2. The number of anilines is 1. The van der Waals surface area contributed by atoms with Gasteiger partial charge in [0.15, 0.2) is 6.29 Å². The Balaban J connectivity index is 2.47. The lowest BCUT2D eigenvalue weighted by Crippen LogP contribution is -2.14. The Morgan fingerprint density at radius 2 is 1.48 bits per heavy atom. The maximum atomic E-state index is 12.6. The number of carbonyl (C=O) groups is 1. The SMILES string of the molecule is Cc1cc(S(=O)(=O)Nc2cc(C)c(C=O)c(C)c2)c(Cl)cc1Cl. The first-order valence-electron chi connectivity index (χ1n) is 6.70. The van der Waals surface area contributed by atoms with Crippen molar-refractivity contribution in [3.8, 4) is 0 Å². The van der Waals surface area contributed by atoms with Crippen LogP contribution in [0, 0.1) is 20.8 Å². The minimum Gasteiger partial charge on any atom is -0.298 e. The highest BCUT2D eigenvalue weighted by atomic mass is 35.5. The highest BCUT2D eigenvalue weighted by Crippen LogP contribution is 2.30. The fourth-order valence-electron chi connectivity index (χ4n) is 2.27. The number of hydrogen-bond donors (Lipinski definition) is 1. The summed E-state index contributed by atoms with van der Waals surface area (Å²) in [5.74, 6) is 0. The van der Waals surface area contributed by atoms with Crippen LogP contribution in [0.4, 0.5) is 5.69 Å². The lowest BCUT2D eigenvalue weighted by Gasteiger charge is -2.13. The molecule has 1 N–H and O–H groups in total. The second kappa shape index (κ2) is 6.51. The van der Waals surface area contributed by atoms with Crippen molar-refractivity contribution < 1.29 is 13.2 Å². The molecule has 0 saturated carbocycles. The molecule has 0 unspecified atom stereocenters. The van der Waals surface area contributed by atoms with Gasteiger partial charge in [0.25, 0.3) is 10.0 Å². The summed E-state index contributed by atoms with van der Waals surface area (Å²) in [5.41, 5.74) is 2.91. The Labute approximate surface area is 145 Å². The molecule has 0 aliphatic heterocycles. The molecule has 0 aliphatic carbocycles. The van der Waals surface area contributed by atoms with Crippen molar-refractivity contribution in [2.45, 2.75) is 25.7 Å². The number of aryl methyl sites for hydroxylation is 3. The quantitative estimate of drug-likeness (QED) is 0.802. The van der Waals surface area contributed by atoms with Crippen molar-refractivity contribution in [3.05, 3.63) is 56.6 Å². The summed E-state index contributed by atoms with van der Waals surface area (Å²) in [6.07, 6.45) is 0.752. The molecule has 23 heavy (non-hydrogen) atoms. The highest BCUT2D eigenvalue weighted by Gasteiger charge is 2.20. The Morgan fingerprint density at radius 1 is 0.913 bits per heavy atom. The second-order valence-corrected chi connectivity index (χ2v) is 7.74. The molecule has 0 atom stereocenters. The fraction of sp³-hybridized carbons (Fsp3) is 0.188. The van der Waals surface area contributed by atoms with Gasteiger partial charge in [-0.2, -0.15) is 0 Å². The molecule has 0 heterocycles. The molecule has 0 amide bonds.